The molecule has 164 valence electrons. The zero-order valence-corrected chi connectivity index (χ0v) is 18.5. The van der Waals surface area contributed by atoms with E-state index in [1.165, 1.54) is 12.0 Å². The molecule has 8 heteroatoms. The summed E-state index contributed by atoms with van der Waals surface area (Å²) in [7, 11) is 0. The topological polar surface area (TPSA) is 113 Å². The van der Waals surface area contributed by atoms with Crippen LogP contribution in [0.5, 0.6) is 0 Å². The molecule has 0 saturated carbocycles. The van der Waals surface area contributed by atoms with Gasteiger partial charge in [0.1, 0.15) is 5.69 Å². The number of benzene rings is 1. The van der Waals surface area contributed by atoms with Crippen LogP contribution in [0.1, 0.15) is 44.0 Å². The quantitative estimate of drug-likeness (QED) is 0.486. The number of pyridine rings is 1. The summed E-state index contributed by atoms with van der Waals surface area (Å²) in [5.41, 5.74) is 4.00. The highest BCUT2D eigenvalue weighted by Gasteiger charge is 2.22. The number of nitrogens with zero attached hydrogens (tertiary/aromatic N) is 6. The molecule has 1 aromatic carbocycles. The Bertz CT molecular complexity index is 1330. The Morgan fingerprint density at radius 2 is 1.91 bits per heavy atom. The van der Waals surface area contributed by atoms with Crippen molar-refractivity contribution in [1.82, 2.24) is 30.5 Å². The number of hydrogen-bond acceptors (Lipinski definition) is 8. The second-order valence-corrected chi connectivity index (χ2v) is 8.64. The number of aromatic nitrogens is 5. The molecule has 0 radical (unpaired) electrons. The molecule has 1 saturated heterocycles. The molecule has 1 atom stereocenters. The number of nitrogens with one attached hydrogen (secondary N) is 1. The second kappa shape index (κ2) is 8.52. The Labute approximate surface area is 191 Å². The fourth-order valence-corrected chi connectivity index (χ4v) is 3.90. The van der Waals surface area contributed by atoms with Gasteiger partial charge in [-0.05, 0) is 63.1 Å². The van der Waals surface area contributed by atoms with Gasteiger partial charge in [0, 0.05) is 23.4 Å². The van der Waals surface area contributed by atoms with Crippen LogP contribution in [0.3, 0.4) is 0 Å². The van der Waals surface area contributed by atoms with E-state index >= 15 is 0 Å². The molecule has 4 aromatic rings. The summed E-state index contributed by atoms with van der Waals surface area (Å²) in [5, 5.41) is 21.4. The van der Waals surface area contributed by atoms with Gasteiger partial charge in [-0.25, -0.2) is 4.98 Å². The van der Waals surface area contributed by atoms with Crippen LogP contribution in [0, 0.1) is 11.3 Å². The maximum Gasteiger partial charge on any atom is 0.268 e. The van der Waals surface area contributed by atoms with E-state index in [1.54, 1.807) is 18.6 Å². The molecular weight excluding hydrogens is 414 g/mol. The summed E-state index contributed by atoms with van der Waals surface area (Å²) >= 11 is 0. The van der Waals surface area contributed by atoms with E-state index in [2.05, 4.69) is 48.7 Å². The molecule has 1 aliphatic heterocycles. The minimum Gasteiger partial charge on any atom is -0.415 e. The Balaban J connectivity index is 1.44. The highest BCUT2D eigenvalue weighted by Crippen LogP contribution is 2.29. The molecule has 0 aliphatic carbocycles. The number of rotatable bonds is 5. The molecule has 1 unspecified atom stereocenters. The average Bonchev–Trinajstić information content (AvgIpc) is 3.57. The van der Waals surface area contributed by atoms with E-state index in [1.807, 2.05) is 38.1 Å². The highest BCUT2D eigenvalue weighted by molar-refractivity contribution is 5.62. The first-order chi connectivity index (χ1) is 16.0. The van der Waals surface area contributed by atoms with Crippen molar-refractivity contribution in [2.24, 2.45) is 0 Å². The maximum atomic E-state index is 9.43. The lowest BCUT2D eigenvalue weighted by molar-refractivity contribution is 0.581. The van der Waals surface area contributed by atoms with Crippen molar-refractivity contribution in [2.45, 2.75) is 38.1 Å². The molecule has 5 rings (SSSR count). The van der Waals surface area contributed by atoms with Crippen LogP contribution >= 0.6 is 0 Å². The maximum absolute atomic E-state index is 9.43. The normalized spacial score (nSPS) is 16.0. The fraction of sp³-hybridized carbons (Fsp3) is 0.280. The molecule has 0 amide bonds. The Morgan fingerprint density at radius 1 is 1.06 bits per heavy atom. The molecule has 0 spiro atoms. The van der Waals surface area contributed by atoms with Crippen molar-refractivity contribution in [1.29, 1.82) is 5.26 Å². The molecule has 1 aliphatic rings. The van der Waals surface area contributed by atoms with Crippen LogP contribution in [0.25, 0.3) is 34.3 Å². The average molecular weight is 438 g/mol. The monoisotopic (exact) mass is 437 g/mol. The molecule has 3 aromatic heterocycles. The zero-order valence-electron chi connectivity index (χ0n) is 18.5. The summed E-state index contributed by atoms with van der Waals surface area (Å²) in [6, 6.07) is 14.5. The third kappa shape index (κ3) is 4.23. The van der Waals surface area contributed by atoms with Gasteiger partial charge in [-0.2, -0.15) is 5.26 Å². The standard InChI is InChI=1S/C25H23N7O/c1-25(2,15-26)22-12-17(8-10-29-22)20-13-27-14-21(30-20)24-32-31-23(33-24)18-6-3-5-16(11-18)19-7-4-9-28-19/h3,5-6,8,10-14,19,28H,4,7,9H2,1-2H3. The van der Waals surface area contributed by atoms with Gasteiger partial charge in [0.2, 0.25) is 5.89 Å². The van der Waals surface area contributed by atoms with E-state index in [0.29, 0.717) is 34.9 Å². The van der Waals surface area contributed by atoms with Gasteiger partial charge in [-0.15, -0.1) is 10.2 Å². The van der Waals surface area contributed by atoms with Crippen molar-refractivity contribution < 1.29 is 4.42 Å². The Kier molecular flexibility index (Phi) is 5.40. The SMILES string of the molecule is CC(C)(C#N)c1cc(-c2cncc(-c3nnc(-c4cccc(C5CCCN5)c4)o3)n2)ccn1. The smallest absolute Gasteiger partial charge is 0.268 e. The summed E-state index contributed by atoms with van der Waals surface area (Å²) < 4.78 is 5.96. The number of nitriles is 1. The first kappa shape index (κ1) is 20.9. The molecular formula is C25H23N7O. The van der Waals surface area contributed by atoms with Crippen molar-refractivity contribution in [3.63, 3.8) is 0 Å². The largest absolute Gasteiger partial charge is 0.415 e. The second-order valence-electron chi connectivity index (χ2n) is 8.64. The van der Waals surface area contributed by atoms with Crippen LogP contribution in [0.4, 0.5) is 0 Å². The van der Waals surface area contributed by atoms with Gasteiger partial charge in [-0.3, -0.25) is 9.97 Å². The third-order valence-corrected chi connectivity index (χ3v) is 5.85. The fourth-order valence-electron chi connectivity index (χ4n) is 3.90. The molecule has 33 heavy (non-hydrogen) atoms. The Morgan fingerprint density at radius 3 is 2.73 bits per heavy atom. The van der Waals surface area contributed by atoms with Gasteiger partial charge in [0.15, 0.2) is 0 Å². The molecule has 1 N–H and O–H groups in total. The summed E-state index contributed by atoms with van der Waals surface area (Å²) in [6.45, 7) is 4.71. The highest BCUT2D eigenvalue weighted by atomic mass is 16.4. The summed E-state index contributed by atoms with van der Waals surface area (Å²) in [6.07, 6.45) is 7.25. The predicted octanol–water partition coefficient (Wildman–Crippen LogP) is 4.48. The first-order valence-electron chi connectivity index (χ1n) is 10.9. The van der Waals surface area contributed by atoms with Crippen LogP contribution in [-0.4, -0.2) is 31.7 Å². The van der Waals surface area contributed by atoms with Crippen LogP contribution in [0.2, 0.25) is 0 Å². The molecule has 8 nitrogen and oxygen atoms in total. The lowest BCUT2D eigenvalue weighted by Gasteiger charge is -2.15. The van der Waals surface area contributed by atoms with Crippen LogP contribution in [-0.2, 0) is 5.41 Å². The van der Waals surface area contributed by atoms with Gasteiger partial charge >= 0.3 is 0 Å². The van der Waals surface area contributed by atoms with Gasteiger partial charge < -0.3 is 9.73 Å². The summed E-state index contributed by atoms with van der Waals surface area (Å²) in [4.78, 5) is 13.3. The van der Waals surface area contributed by atoms with Crippen molar-refractivity contribution in [3.05, 3.63) is 66.2 Å². The predicted molar refractivity (Wildman–Crippen MR) is 123 cm³/mol. The van der Waals surface area contributed by atoms with Crippen molar-refractivity contribution >= 4 is 0 Å². The van der Waals surface area contributed by atoms with Crippen LogP contribution in [0.15, 0.2) is 59.4 Å². The van der Waals surface area contributed by atoms with Crippen molar-refractivity contribution in [3.8, 4) is 40.4 Å². The lowest BCUT2D eigenvalue weighted by atomic mass is 9.90. The molecule has 1 fully saturated rings. The minimum absolute atomic E-state index is 0.301. The molecule has 4 heterocycles. The third-order valence-electron chi connectivity index (χ3n) is 5.85. The molecule has 0 bridgehead atoms. The van der Waals surface area contributed by atoms with Gasteiger partial charge in [0.05, 0.1) is 35.3 Å². The van der Waals surface area contributed by atoms with E-state index < -0.39 is 5.41 Å². The van der Waals surface area contributed by atoms with Crippen molar-refractivity contribution in [2.75, 3.05) is 6.54 Å². The zero-order chi connectivity index (χ0) is 22.8. The number of hydrogen-bond donors (Lipinski definition) is 1. The van der Waals surface area contributed by atoms with Crippen LogP contribution < -0.4 is 5.32 Å². The first-order valence-corrected chi connectivity index (χ1v) is 10.9. The van der Waals surface area contributed by atoms with E-state index in [4.69, 9.17) is 4.42 Å². The van der Waals surface area contributed by atoms with E-state index in [9.17, 15) is 5.26 Å². The Hall–Kier alpha value is -3.96. The lowest BCUT2D eigenvalue weighted by Crippen LogP contribution is -2.15. The minimum atomic E-state index is -0.703. The van der Waals surface area contributed by atoms with Gasteiger partial charge in [0.25, 0.3) is 5.89 Å². The van der Waals surface area contributed by atoms with Gasteiger partial charge in [-0.1, -0.05) is 12.1 Å². The van der Waals surface area contributed by atoms with E-state index in [-0.39, 0.29) is 0 Å². The summed E-state index contributed by atoms with van der Waals surface area (Å²) in [5.74, 6) is 0.745. The van der Waals surface area contributed by atoms with E-state index in [0.717, 1.165) is 24.1 Å².